The number of carbonyl (C=O) groups is 1. The third-order valence-electron chi connectivity index (χ3n) is 6.11. The standard InChI is InChI=1S/C30H22N4OS2/c35-28(26-17-13-24(14-18-26)22-9-5-2-6-10-22)20-37-30-32-31-29-34(30)33-27(19-36-29)25-15-11-23(12-16-25)21-7-3-1-4-8-21/h1-18H,19-20H2. The molecule has 0 saturated heterocycles. The topological polar surface area (TPSA) is 60.1 Å². The molecule has 0 aliphatic carbocycles. The van der Waals surface area contributed by atoms with Gasteiger partial charge in [-0.15, -0.1) is 10.2 Å². The maximum atomic E-state index is 12.9. The van der Waals surface area contributed by atoms with Gasteiger partial charge in [-0.05, 0) is 27.8 Å². The molecule has 0 radical (unpaired) electrons. The molecule has 0 fully saturated rings. The normalized spacial score (nSPS) is 12.6. The van der Waals surface area contributed by atoms with Crippen LogP contribution in [0.5, 0.6) is 0 Å². The van der Waals surface area contributed by atoms with E-state index in [9.17, 15) is 4.79 Å². The molecular weight excluding hydrogens is 496 g/mol. The van der Waals surface area contributed by atoms with Crippen LogP contribution in [0.15, 0.2) is 125 Å². The van der Waals surface area contributed by atoms with Gasteiger partial charge in [0.05, 0.1) is 11.5 Å². The molecule has 1 aliphatic heterocycles. The van der Waals surface area contributed by atoms with E-state index in [0.717, 1.165) is 33.3 Å². The van der Waals surface area contributed by atoms with Crippen LogP contribution in [0.3, 0.4) is 0 Å². The zero-order chi connectivity index (χ0) is 25.0. The first-order chi connectivity index (χ1) is 18.2. The van der Waals surface area contributed by atoms with E-state index in [0.29, 0.717) is 10.7 Å². The van der Waals surface area contributed by atoms with E-state index in [-0.39, 0.29) is 11.5 Å². The zero-order valence-electron chi connectivity index (χ0n) is 19.8. The van der Waals surface area contributed by atoms with Crippen LogP contribution in [0.1, 0.15) is 15.9 Å². The summed E-state index contributed by atoms with van der Waals surface area (Å²) in [5.41, 5.74) is 7.29. The first kappa shape index (κ1) is 23.5. The van der Waals surface area contributed by atoms with Crippen molar-refractivity contribution in [1.29, 1.82) is 0 Å². The number of nitrogens with zero attached hydrogens (tertiary/aromatic N) is 4. The lowest BCUT2D eigenvalue weighted by molar-refractivity contribution is 0.102. The van der Waals surface area contributed by atoms with Crippen molar-refractivity contribution in [1.82, 2.24) is 14.9 Å². The first-order valence-corrected chi connectivity index (χ1v) is 13.9. The van der Waals surface area contributed by atoms with Crippen LogP contribution < -0.4 is 0 Å². The lowest BCUT2D eigenvalue weighted by Gasteiger charge is -2.14. The average Bonchev–Trinajstić information content (AvgIpc) is 3.39. The number of aromatic nitrogens is 3. The Bertz CT molecular complexity index is 1560. The van der Waals surface area contributed by atoms with Crippen LogP contribution in [0.25, 0.3) is 22.3 Å². The number of benzene rings is 4. The summed E-state index contributed by atoms with van der Waals surface area (Å²) in [5, 5.41) is 14.8. The quantitative estimate of drug-likeness (QED) is 0.172. The van der Waals surface area contributed by atoms with Gasteiger partial charge in [0.25, 0.3) is 0 Å². The van der Waals surface area contributed by atoms with Gasteiger partial charge in [0.1, 0.15) is 0 Å². The summed E-state index contributed by atoms with van der Waals surface area (Å²) >= 11 is 2.97. The van der Waals surface area contributed by atoms with Gasteiger partial charge in [-0.3, -0.25) is 4.79 Å². The number of hydrogen-bond acceptors (Lipinski definition) is 6. The Morgan fingerprint density at radius 2 is 1.24 bits per heavy atom. The van der Waals surface area contributed by atoms with E-state index in [1.54, 1.807) is 16.4 Å². The van der Waals surface area contributed by atoms with Crippen molar-refractivity contribution in [2.45, 2.75) is 10.3 Å². The highest BCUT2D eigenvalue weighted by Crippen LogP contribution is 2.29. The highest BCUT2D eigenvalue weighted by molar-refractivity contribution is 8.00. The molecule has 0 atom stereocenters. The van der Waals surface area contributed by atoms with Crippen molar-refractivity contribution in [3.8, 4) is 22.3 Å². The van der Waals surface area contributed by atoms with Crippen molar-refractivity contribution in [2.75, 3.05) is 11.5 Å². The van der Waals surface area contributed by atoms with Crippen LogP contribution in [-0.2, 0) is 0 Å². The van der Waals surface area contributed by atoms with Crippen molar-refractivity contribution in [2.24, 2.45) is 5.10 Å². The molecule has 1 aliphatic rings. The largest absolute Gasteiger partial charge is 0.293 e. The summed E-state index contributed by atoms with van der Waals surface area (Å²) in [7, 11) is 0. The SMILES string of the molecule is O=C(CSc1nnc2n1N=C(c1ccc(-c3ccccc3)cc1)CS2)c1ccc(-c2ccccc2)cc1. The molecule has 0 N–H and O–H groups in total. The third-order valence-corrected chi connectivity index (χ3v) is 7.96. The second-order valence-corrected chi connectivity index (χ2v) is 10.4. The summed E-state index contributed by atoms with van der Waals surface area (Å²) in [4.78, 5) is 12.9. The van der Waals surface area contributed by atoms with E-state index in [1.807, 2.05) is 60.7 Å². The first-order valence-electron chi connectivity index (χ1n) is 11.9. The van der Waals surface area contributed by atoms with E-state index in [2.05, 4.69) is 58.7 Å². The fourth-order valence-corrected chi connectivity index (χ4v) is 5.79. The van der Waals surface area contributed by atoms with Crippen LogP contribution in [0.2, 0.25) is 0 Å². The minimum atomic E-state index is 0.0473. The molecule has 2 heterocycles. The van der Waals surface area contributed by atoms with E-state index in [4.69, 9.17) is 5.10 Å². The molecule has 0 saturated carbocycles. The predicted molar refractivity (Wildman–Crippen MR) is 151 cm³/mol. The maximum Gasteiger partial charge on any atom is 0.213 e. The minimum absolute atomic E-state index is 0.0473. The minimum Gasteiger partial charge on any atom is -0.293 e. The van der Waals surface area contributed by atoms with Crippen LogP contribution in [0.4, 0.5) is 0 Å². The Balaban J connectivity index is 1.15. The van der Waals surface area contributed by atoms with Crippen LogP contribution >= 0.6 is 23.5 Å². The third kappa shape index (κ3) is 5.14. The van der Waals surface area contributed by atoms with E-state index in [1.165, 1.54) is 22.9 Å². The van der Waals surface area contributed by atoms with Gasteiger partial charge in [0, 0.05) is 11.3 Å². The summed E-state index contributed by atoms with van der Waals surface area (Å²) in [6, 6.07) is 36.7. The Morgan fingerprint density at radius 3 is 1.86 bits per heavy atom. The summed E-state index contributed by atoms with van der Waals surface area (Å²) < 4.78 is 1.76. The second-order valence-electron chi connectivity index (χ2n) is 8.51. The molecule has 1 aromatic heterocycles. The molecule has 6 rings (SSSR count). The maximum absolute atomic E-state index is 12.9. The van der Waals surface area contributed by atoms with Gasteiger partial charge in [-0.1, -0.05) is 133 Å². The fourth-order valence-electron chi connectivity index (χ4n) is 4.12. The van der Waals surface area contributed by atoms with Gasteiger partial charge in [0.2, 0.25) is 10.3 Å². The lowest BCUT2D eigenvalue weighted by atomic mass is 10.0. The van der Waals surface area contributed by atoms with Crippen LogP contribution in [0, 0.1) is 0 Å². The Kier molecular flexibility index (Phi) is 6.71. The van der Waals surface area contributed by atoms with Gasteiger partial charge in [-0.2, -0.15) is 9.78 Å². The molecule has 0 spiro atoms. The number of fused-ring (bicyclic) bond motifs is 1. The van der Waals surface area contributed by atoms with Gasteiger partial charge >= 0.3 is 0 Å². The summed E-state index contributed by atoms with van der Waals surface area (Å²) in [6.07, 6.45) is 0. The molecule has 180 valence electrons. The van der Waals surface area contributed by atoms with E-state index < -0.39 is 0 Å². The summed E-state index contributed by atoms with van der Waals surface area (Å²) in [5.74, 6) is 1.04. The number of hydrogen-bond donors (Lipinski definition) is 0. The Morgan fingerprint density at radius 1 is 0.703 bits per heavy atom. The Labute approximate surface area is 223 Å². The van der Waals surface area contributed by atoms with E-state index >= 15 is 0 Å². The molecule has 37 heavy (non-hydrogen) atoms. The molecule has 0 bridgehead atoms. The zero-order valence-corrected chi connectivity index (χ0v) is 21.5. The van der Waals surface area contributed by atoms with Crippen LogP contribution in [-0.4, -0.2) is 37.9 Å². The highest BCUT2D eigenvalue weighted by Gasteiger charge is 2.21. The van der Waals surface area contributed by atoms with Gasteiger partial charge in [-0.25, -0.2) is 0 Å². The molecule has 5 aromatic rings. The molecule has 4 aromatic carbocycles. The lowest BCUT2D eigenvalue weighted by Crippen LogP contribution is -2.14. The van der Waals surface area contributed by atoms with Crippen molar-refractivity contribution < 1.29 is 4.79 Å². The monoisotopic (exact) mass is 518 g/mol. The number of carbonyl (C=O) groups excluding carboxylic acids is 1. The number of thioether (sulfide) groups is 2. The smallest absolute Gasteiger partial charge is 0.213 e. The van der Waals surface area contributed by atoms with Crippen molar-refractivity contribution >= 4 is 35.0 Å². The molecular formula is C30H22N4OS2. The Hall–Kier alpha value is -3.94. The highest BCUT2D eigenvalue weighted by atomic mass is 32.2. The molecule has 5 nitrogen and oxygen atoms in total. The van der Waals surface area contributed by atoms with Crippen molar-refractivity contribution in [3.63, 3.8) is 0 Å². The molecule has 7 heteroatoms. The number of Topliss-reactive ketones (excluding diaryl/α,β-unsaturated/α-hetero) is 1. The van der Waals surface area contributed by atoms with Crippen molar-refractivity contribution in [3.05, 3.63) is 120 Å². The second kappa shape index (κ2) is 10.6. The molecule has 0 amide bonds. The number of ketones is 1. The average molecular weight is 519 g/mol. The fraction of sp³-hybridized carbons (Fsp3) is 0.0667. The predicted octanol–water partition coefficient (Wildman–Crippen LogP) is 6.95. The van der Waals surface area contributed by atoms with Gasteiger partial charge < -0.3 is 0 Å². The van der Waals surface area contributed by atoms with Gasteiger partial charge in [0.15, 0.2) is 5.78 Å². The summed E-state index contributed by atoms with van der Waals surface area (Å²) in [6.45, 7) is 0. The number of rotatable bonds is 7. The molecule has 0 unspecified atom stereocenters.